The Labute approximate surface area is 110 Å². The molecule has 102 valence electrons. The monoisotopic (exact) mass is 274 g/mol. The van der Waals surface area contributed by atoms with E-state index in [1.807, 2.05) is 13.8 Å². The zero-order valence-corrected chi connectivity index (χ0v) is 11.7. The van der Waals surface area contributed by atoms with Crippen LogP contribution in [0.15, 0.2) is 5.16 Å². The van der Waals surface area contributed by atoms with Crippen LogP contribution in [0.25, 0.3) is 0 Å². The number of carbonyl (C=O) groups excluding carboxylic acids is 1. The summed E-state index contributed by atoms with van der Waals surface area (Å²) in [4.78, 5) is 11.3. The zero-order valence-electron chi connectivity index (χ0n) is 10.9. The Morgan fingerprint density at radius 3 is 2.72 bits per heavy atom. The molecule has 1 atom stereocenters. The van der Waals surface area contributed by atoms with Crippen molar-refractivity contribution in [3.8, 4) is 0 Å². The van der Waals surface area contributed by atoms with Crippen LogP contribution >= 0.6 is 11.8 Å². The average Bonchev–Trinajstić information content (AvgIpc) is 2.66. The predicted octanol–water partition coefficient (Wildman–Crippen LogP) is 0.457. The number of anilines is 1. The topological polar surface area (TPSA) is 103 Å². The summed E-state index contributed by atoms with van der Waals surface area (Å²) in [6, 6.07) is 0.102. The number of hydrogen-bond donors (Lipinski definition) is 2. The van der Waals surface area contributed by atoms with Gasteiger partial charge in [0.2, 0.25) is 5.95 Å². The summed E-state index contributed by atoms with van der Waals surface area (Å²) in [5.74, 6) is -0.256. The Hall–Kier alpha value is -1.28. The largest absolute Gasteiger partial charge is 0.467 e. The number of aromatic nitrogens is 3. The van der Waals surface area contributed by atoms with Crippen LogP contribution in [-0.2, 0) is 9.53 Å². The molecule has 1 aromatic rings. The molecule has 0 fully saturated rings. The van der Waals surface area contributed by atoms with Crippen molar-refractivity contribution in [2.45, 2.75) is 37.6 Å². The van der Waals surface area contributed by atoms with Gasteiger partial charge < -0.3 is 15.6 Å². The molecule has 0 aliphatic rings. The summed E-state index contributed by atoms with van der Waals surface area (Å²) in [7, 11) is 1.23. The van der Waals surface area contributed by atoms with E-state index in [1.165, 1.54) is 25.8 Å². The van der Waals surface area contributed by atoms with E-state index in [9.17, 15) is 9.90 Å². The van der Waals surface area contributed by atoms with Gasteiger partial charge in [0.15, 0.2) is 10.8 Å². The highest BCUT2D eigenvalue weighted by Gasteiger charge is 2.32. The van der Waals surface area contributed by atoms with Gasteiger partial charge in [-0.3, -0.25) is 4.57 Å². The molecule has 0 amide bonds. The number of hydrogen-bond acceptors (Lipinski definition) is 7. The Morgan fingerprint density at radius 2 is 2.22 bits per heavy atom. The second-order valence-corrected chi connectivity index (χ2v) is 5.30. The highest BCUT2D eigenvalue weighted by Crippen LogP contribution is 2.26. The van der Waals surface area contributed by atoms with E-state index in [2.05, 4.69) is 14.9 Å². The van der Waals surface area contributed by atoms with Crippen molar-refractivity contribution in [3.63, 3.8) is 0 Å². The highest BCUT2D eigenvalue weighted by atomic mass is 32.2. The average molecular weight is 274 g/mol. The summed E-state index contributed by atoms with van der Waals surface area (Å²) < 4.78 is 6.25. The van der Waals surface area contributed by atoms with Crippen LogP contribution in [0.4, 0.5) is 5.95 Å². The van der Waals surface area contributed by atoms with Crippen LogP contribution in [0.3, 0.4) is 0 Å². The van der Waals surface area contributed by atoms with Gasteiger partial charge >= 0.3 is 5.97 Å². The third kappa shape index (κ3) is 3.14. The maximum Gasteiger partial charge on any atom is 0.338 e. The molecule has 1 heterocycles. The first-order chi connectivity index (χ1) is 8.29. The fourth-order valence-electron chi connectivity index (χ4n) is 1.36. The number of nitrogens with two attached hydrogens (primary N) is 1. The minimum atomic E-state index is -1.57. The number of esters is 1. The van der Waals surface area contributed by atoms with Gasteiger partial charge in [0.05, 0.1) is 7.11 Å². The quantitative estimate of drug-likeness (QED) is 0.593. The SMILES string of the molecule is COC(=O)C(C)(O)CSc1nnc(N)n1C(C)C. The van der Waals surface area contributed by atoms with Crippen LogP contribution in [0.2, 0.25) is 0 Å². The van der Waals surface area contributed by atoms with Crippen molar-refractivity contribution in [3.05, 3.63) is 0 Å². The summed E-state index contributed by atoms with van der Waals surface area (Å²) in [6.45, 7) is 5.29. The van der Waals surface area contributed by atoms with Crippen LogP contribution < -0.4 is 5.73 Å². The van der Waals surface area contributed by atoms with Gasteiger partial charge in [-0.2, -0.15) is 0 Å². The van der Waals surface area contributed by atoms with Crippen LogP contribution in [0.1, 0.15) is 26.8 Å². The molecule has 8 heteroatoms. The van der Waals surface area contributed by atoms with Gasteiger partial charge in [-0.05, 0) is 20.8 Å². The van der Waals surface area contributed by atoms with E-state index >= 15 is 0 Å². The second-order valence-electron chi connectivity index (χ2n) is 4.36. The first-order valence-electron chi connectivity index (χ1n) is 5.43. The molecular weight excluding hydrogens is 256 g/mol. The number of ether oxygens (including phenoxy) is 1. The van der Waals surface area contributed by atoms with Crippen molar-refractivity contribution >= 4 is 23.7 Å². The van der Waals surface area contributed by atoms with Crippen molar-refractivity contribution in [2.24, 2.45) is 0 Å². The molecule has 0 aliphatic heterocycles. The molecular formula is C10H18N4O3S. The third-order valence-electron chi connectivity index (χ3n) is 2.31. The number of aliphatic hydroxyl groups is 1. The molecule has 3 N–H and O–H groups in total. The summed E-state index contributed by atoms with van der Waals surface area (Å²) in [6.07, 6.45) is 0. The van der Waals surface area contributed by atoms with Crippen molar-refractivity contribution in [2.75, 3.05) is 18.6 Å². The molecule has 0 radical (unpaired) electrons. The Bertz CT molecular complexity index is 431. The molecule has 1 unspecified atom stereocenters. The van der Waals surface area contributed by atoms with E-state index in [0.29, 0.717) is 11.1 Å². The van der Waals surface area contributed by atoms with Gasteiger partial charge in [-0.25, -0.2) is 4.79 Å². The summed E-state index contributed by atoms with van der Waals surface area (Å²) >= 11 is 1.21. The lowest BCUT2D eigenvalue weighted by molar-refractivity contribution is -0.158. The molecule has 1 rings (SSSR count). The molecule has 18 heavy (non-hydrogen) atoms. The predicted molar refractivity (Wildman–Crippen MR) is 68.2 cm³/mol. The van der Waals surface area contributed by atoms with E-state index in [-0.39, 0.29) is 11.8 Å². The first-order valence-corrected chi connectivity index (χ1v) is 6.42. The fourth-order valence-corrected chi connectivity index (χ4v) is 2.43. The number of rotatable bonds is 5. The zero-order chi connectivity index (χ0) is 13.9. The minimum Gasteiger partial charge on any atom is -0.467 e. The molecule has 0 spiro atoms. The van der Waals surface area contributed by atoms with Crippen molar-refractivity contribution in [1.29, 1.82) is 0 Å². The Morgan fingerprint density at radius 1 is 1.61 bits per heavy atom. The number of nitrogen functional groups attached to an aromatic ring is 1. The Balaban J connectivity index is 2.78. The van der Waals surface area contributed by atoms with E-state index < -0.39 is 11.6 Å². The van der Waals surface area contributed by atoms with E-state index in [0.717, 1.165) is 0 Å². The normalized spacial score (nSPS) is 14.6. The maximum atomic E-state index is 11.3. The van der Waals surface area contributed by atoms with Crippen LogP contribution in [-0.4, -0.2) is 44.3 Å². The standard InChI is InChI=1S/C10H18N4O3S/c1-6(2)14-8(11)12-13-9(14)18-5-10(3,16)7(15)17-4/h6,16H,5H2,1-4H3,(H2,11,12). The second kappa shape index (κ2) is 5.57. The molecule has 0 saturated heterocycles. The molecule has 0 aliphatic carbocycles. The van der Waals surface area contributed by atoms with Crippen LogP contribution in [0.5, 0.6) is 0 Å². The third-order valence-corrected chi connectivity index (χ3v) is 3.56. The molecule has 0 bridgehead atoms. The minimum absolute atomic E-state index is 0.102. The fraction of sp³-hybridized carbons (Fsp3) is 0.700. The van der Waals surface area contributed by atoms with Crippen LogP contribution in [0, 0.1) is 0 Å². The van der Waals surface area contributed by atoms with E-state index in [1.54, 1.807) is 4.57 Å². The van der Waals surface area contributed by atoms with Gasteiger partial charge in [-0.1, -0.05) is 11.8 Å². The summed E-state index contributed by atoms with van der Waals surface area (Å²) in [5, 5.41) is 18.1. The first kappa shape index (κ1) is 14.8. The van der Waals surface area contributed by atoms with Gasteiger partial charge in [0.1, 0.15) is 0 Å². The molecule has 0 saturated carbocycles. The van der Waals surface area contributed by atoms with Gasteiger partial charge in [-0.15, -0.1) is 10.2 Å². The molecule has 0 aromatic carbocycles. The lowest BCUT2D eigenvalue weighted by Crippen LogP contribution is -2.38. The highest BCUT2D eigenvalue weighted by molar-refractivity contribution is 7.99. The lowest BCUT2D eigenvalue weighted by Gasteiger charge is -2.19. The number of thioether (sulfide) groups is 1. The number of carbonyl (C=O) groups is 1. The molecule has 1 aromatic heterocycles. The maximum absolute atomic E-state index is 11.3. The van der Waals surface area contributed by atoms with Gasteiger partial charge in [0.25, 0.3) is 0 Å². The number of methoxy groups -OCH3 is 1. The van der Waals surface area contributed by atoms with Crippen molar-refractivity contribution < 1.29 is 14.6 Å². The van der Waals surface area contributed by atoms with Gasteiger partial charge in [0, 0.05) is 11.8 Å². The molecule has 7 nitrogen and oxygen atoms in total. The summed E-state index contributed by atoms with van der Waals surface area (Å²) in [5.41, 5.74) is 4.12. The van der Waals surface area contributed by atoms with Crippen molar-refractivity contribution in [1.82, 2.24) is 14.8 Å². The smallest absolute Gasteiger partial charge is 0.338 e. The lowest BCUT2D eigenvalue weighted by atomic mass is 10.1. The number of nitrogens with zero attached hydrogens (tertiary/aromatic N) is 3. The Kier molecular flexibility index (Phi) is 4.58. The van der Waals surface area contributed by atoms with E-state index in [4.69, 9.17) is 5.73 Å².